The molecular formula is C53H64Cl2N12O. The summed E-state index contributed by atoms with van der Waals surface area (Å²) in [6, 6.07) is 25.5. The Kier molecular flexibility index (Phi) is 17.1. The zero-order valence-electron chi connectivity index (χ0n) is 38.9. The van der Waals surface area contributed by atoms with Gasteiger partial charge in [-0.05, 0) is 149 Å². The van der Waals surface area contributed by atoms with E-state index < -0.39 is 0 Å². The number of hydrogen-bond acceptors (Lipinski definition) is 12. The van der Waals surface area contributed by atoms with Crippen LogP contribution in [0.3, 0.4) is 0 Å². The molecule has 0 radical (unpaired) electrons. The summed E-state index contributed by atoms with van der Waals surface area (Å²) < 4.78 is 5.98. The number of rotatable bonds is 18. The van der Waals surface area contributed by atoms with E-state index >= 15 is 0 Å². The number of aromatic nitrogens is 6. The molecule has 8 heterocycles. The normalized spacial score (nSPS) is 17.5. The molecule has 0 saturated carbocycles. The fraction of sp³-hybridized carbons (Fsp3) is 0.415. The minimum absolute atomic E-state index is 0.383. The highest BCUT2D eigenvalue weighted by molar-refractivity contribution is 6.31. The molecular weight excluding hydrogens is 892 g/mol. The fourth-order valence-corrected chi connectivity index (χ4v) is 10.3. The molecule has 0 spiro atoms. The average molecular weight is 956 g/mol. The van der Waals surface area contributed by atoms with Crippen LogP contribution in [0.5, 0.6) is 0 Å². The molecule has 3 aliphatic heterocycles. The summed E-state index contributed by atoms with van der Waals surface area (Å²) in [7, 11) is 0. The van der Waals surface area contributed by atoms with Gasteiger partial charge in [0.15, 0.2) is 0 Å². The van der Waals surface area contributed by atoms with Crippen molar-refractivity contribution in [2.75, 3.05) is 76.1 Å². The van der Waals surface area contributed by atoms with Gasteiger partial charge in [-0.2, -0.15) is 0 Å². The molecule has 15 heteroatoms. The van der Waals surface area contributed by atoms with Gasteiger partial charge in [0.2, 0.25) is 0 Å². The Labute approximate surface area is 410 Å². The monoisotopic (exact) mass is 954 g/mol. The molecule has 356 valence electrons. The number of imidazole rings is 1. The van der Waals surface area contributed by atoms with Gasteiger partial charge in [0.05, 0.1) is 23.5 Å². The Balaban J connectivity index is 0.000000170. The molecule has 3 aliphatic rings. The lowest BCUT2D eigenvalue weighted by Gasteiger charge is -2.39. The topological polar surface area (TPSA) is 126 Å². The van der Waals surface area contributed by atoms with Crippen molar-refractivity contribution < 1.29 is 4.74 Å². The minimum atomic E-state index is 0.383. The smallest absolute Gasteiger partial charge is 0.0922 e. The number of anilines is 2. The first kappa shape index (κ1) is 47.8. The van der Waals surface area contributed by atoms with Crippen LogP contribution in [0.2, 0.25) is 10.0 Å². The molecule has 3 N–H and O–H groups in total. The average Bonchev–Trinajstić information content (AvgIpc) is 4.10. The van der Waals surface area contributed by atoms with E-state index in [1.165, 1.54) is 36.8 Å². The molecule has 0 amide bonds. The number of pyridine rings is 4. The molecule has 2 aromatic carbocycles. The molecule has 1 unspecified atom stereocenters. The Morgan fingerprint density at radius 2 is 1.13 bits per heavy atom. The maximum absolute atomic E-state index is 6.12. The Morgan fingerprint density at radius 1 is 0.603 bits per heavy atom. The fourth-order valence-electron chi connectivity index (χ4n) is 10.0. The molecule has 5 aromatic heterocycles. The summed E-state index contributed by atoms with van der Waals surface area (Å²) in [6.07, 6.45) is 22.4. The molecule has 68 heavy (non-hydrogen) atoms. The predicted octanol–water partition coefficient (Wildman–Crippen LogP) is 9.43. The number of halogens is 2. The quantitative estimate of drug-likeness (QED) is 0.0759. The number of hydrogen-bond donors (Lipinski definition) is 3. The second kappa shape index (κ2) is 24.3. The van der Waals surface area contributed by atoms with Crippen molar-refractivity contribution in [2.45, 2.75) is 76.3 Å². The lowest BCUT2D eigenvalue weighted by atomic mass is 10.0. The summed E-state index contributed by atoms with van der Waals surface area (Å²) in [5.74, 6) is 0. The van der Waals surface area contributed by atoms with Gasteiger partial charge < -0.3 is 30.2 Å². The van der Waals surface area contributed by atoms with E-state index in [0.717, 1.165) is 142 Å². The molecule has 0 aliphatic carbocycles. The van der Waals surface area contributed by atoms with E-state index in [4.69, 9.17) is 27.9 Å². The summed E-state index contributed by atoms with van der Waals surface area (Å²) in [6.45, 7) is 13.1. The van der Waals surface area contributed by atoms with Gasteiger partial charge in [0.1, 0.15) is 0 Å². The number of ether oxygens (including phenoxy) is 1. The van der Waals surface area contributed by atoms with Crippen LogP contribution in [-0.2, 0) is 24.4 Å². The highest BCUT2D eigenvalue weighted by Gasteiger charge is 2.29. The van der Waals surface area contributed by atoms with Gasteiger partial charge in [-0.25, -0.2) is 4.98 Å². The first-order valence-electron chi connectivity index (χ1n) is 24.3. The maximum Gasteiger partial charge on any atom is 0.0922 e. The number of likely N-dealkylation sites (tertiary alicyclic amines) is 2. The van der Waals surface area contributed by atoms with Gasteiger partial charge in [0.25, 0.3) is 0 Å². The number of H-pyrrole nitrogens is 1. The number of benzene rings is 2. The highest BCUT2D eigenvalue weighted by Crippen LogP contribution is 2.27. The lowest BCUT2D eigenvalue weighted by molar-refractivity contribution is 0.0350. The maximum atomic E-state index is 6.12. The van der Waals surface area contributed by atoms with E-state index in [-0.39, 0.29) is 0 Å². The van der Waals surface area contributed by atoms with Crippen molar-refractivity contribution in [1.82, 2.24) is 49.5 Å². The van der Waals surface area contributed by atoms with Crippen LogP contribution in [0, 0.1) is 0 Å². The summed E-state index contributed by atoms with van der Waals surface area (Å²) in [4.78, 5) is 35.1. The third-order valence-corrected chi connectivity index (χ3v) is 14.2. The molecule has 13 nitrogen and oxygen atoms in total. The zero-order valence-corrected chi connectivity index (χ0v) is 40.4. The Hall–Kier alpha value is -5.25. The largest absolute Gasteiger partial charge is 0.383 e. The van der Waals surface area contributed by atoms with Crippen molar-refractivity contribution in [2.24, 2.45) is 0 Å². The van der Waals surface area contributed by atoms with Gasteiger partial charge in [-0.15, -0.1) is 0 Å². The number of fused-ring (bicyclic) bond motifs is 2. The minimum Gasteiger partial charge on any atom is -0.383 e. The van der Waals surface area contributed by atoms with Crippen LogP contribution >= 0.6 is 23.2 Å². The molecule has 0 bridgehead atoms. The first-order chi connectivity index (χ1) is 33.5. The molecule has 10 rings (SSSR count). The van der Waals surface area contributed by atoms with E-state index in [2.05, 4.69) is 84.4 Å². The van der Waals surface area contributed by atoms with E-state index in [9.17, 15) is 0 Å². The zero-order chi connectivity index (χ0) is 46.3. The van der Waals surface area contributed by atoms with E-state index in [1.807, 2.05) is 91.9 Å². The third kappa shape index (κ3) is 13.5. The van der Waals surface area contributed by atoms with Gasteiger partial charge in [-0.1, -0.05) is 23.2 Å². The predicted molar refractivity (Wildman–Crippen MR) is 275 cm³/mol. The summed E-state index contributed by atoms with van der Waals surface area (Å²) in [5, 5.41) is 10.9. The Morgan fingerprint density at radius 3 is 1.63 bits per heavy atom. The SMILES string of the molecule is Clc1ccc2c(NCCN3CCC(N(Cc4ccncc4)CC4CCCO4)CC3)ccnc2c1.Clc1ccc2c(NCCN3CCC(N(Cc4ccncc4)Cc4cnc[nH]4)CC3)ccnc2c1. The third-order valence-electron chi connectivity index (χ3n) is 13.7. The first-order valence-corrected chi connectivity index (χ1v) is 25.1. The number of aromatic amines is 1. The van der Waals surface area contributed by atoms with Crippen LogP contribution in [0.1, 0.15) is 55.3 Å². The molecule has 3 saturated heterocycles. The van der Waals surface area contributed by atoms with Gasteiger partial charge in [-0.3, -0.25) is 29.7 Å². The second-order valence-corrected chi connectivity index (χ2v) is 19.2. The lowest BCUT2D eigenvalue weighted by Crippen LogP contribution is -2.47. The molecule has 1 atom stereocenters. The summed E-state index contributed by atoms with van der Waals surface area (Å²) in [5.41, 5.74) is 7.88. The number of nitrogens with one attached hydrogen (secondary N) is 3. The van der Waals surface area contributed by atoms with Crippen LogP contribution < -0.4 is 10.6 Å². The van der Waals surface area contributed by atoms with Crippen LogP contribution in [0.15, 0.2) is 123 Å². The van der Waals surface area contributed by atoms with Crippen LogP contribution in [0.4, 0.5) is 11.4 Å². The van der Waals surface area contributed by atoms with Gasteiger partial charge in [0, 0.05) is 152 Å². The van der Waals surface area contributed by atoms with E-state index in [1.54, 1.807) is 6.33 Å². The van der Waals surface area contributed by atoms with Crippen molar-refractivity contribution >= 4 is 56.4 Å². The van der Waals surface area contributed by atoms with E-state index in [0.29, 0.717) is 23.2 Å². The van der Waals surface area contributed by atoms with Crippen molar-refractivity contribution in [3.05, 3.63) is 149 Å². The second-order valence-electron chi connectivity index (χ2n) is 18.3. The van der Waals surface area contributed by atoms with Crippen LogP contribution in [-0.4, -0.2) is 133 Å². The standard InChI is InChI=1S/C27H34ClN5O.C26H30ClN7/c28-22-3-4-25-26(7-12-30-27(25)18-22)31-13-16-32-14-8-23(9-15-32)33(20-24-2-1-17-34-24)19-21-5-10-29-11-6-21;27-21-1-2-24-25(5-10-30-26(24)15-21)31-11-14-33-12-6-23(7-13-33)34(18-22-16-29-19-32-22)17-20-3-8-28-9-4-20/h3-7,10-12,18,23-24H,1-2,8-9,13-17,19-20H2,(H,30,31);1-5,8-10,15-16,19,23H,6-7,11-14,17-18H2,(H,29,32)(H,30,31). The number of piperidine rings is 2. The van der Waals surface area contributed by atoms with Gasteiger partial charge >= 0.3 is 0 Å². The van der Waals surface area contributed by atoms with Crippen molar-refractivity contribution in [3.63, 3.8) is 0 Å². The van der Waals surface area contributed by atoms with Crippen LogP contribution in [0.25, 0.3) is 21.8 Å². The van der Waals surface area contributed by atoms with Crippen molar-refractivity contribution in [1.29, 1.82) is 0 Å². The Bertz CT molecular complexity index is 2590. The highest BCUT2D eigenvalue weighted by atomic mass is 35.5. The molecule has 3 fully saturated rings. The summed E-state index contributed by atoms with van der Waals surface area (Å²) >= 11 is 12.2. The number of nitrogens with zero attached hydrogens (tertiary/aromatic N) is 9. The van der Waals surface area contributed by atoms with Crippen molar-refractivity contribution in [3.8, 4) is 0 Å². The molecule has 7 aromatic rings.